The van der Waals surface area contributed by atoms with Gasteiger partial charge in [-0.25, -0.2) is 0 Å². The van der Waals surface area contributed by atoms with Crippen molar-refractivity contribution in [2.75, 3.05) is 7.05 Å². The van der Waals surface area contributed by atoms with Gasteiger partial charge in [-0.1, -0.05) is 12.2 Å². The molecular weight excluding hydrogens is 98.1 g/mol. The van der Waals surface area contributed by atoms with Crippen LogP contribution in [0.15, 0.2) is 23.9 Å². The van der Waals surface area contributed by atoms with Crippen molar-refractivity contribution >= 4 is 0 Å². The molecule has 0 aromatic carbocycles. The minimum Gasteiger partial charge on any atom is -0.394 e. The van der Waals surface area contributed by atoms with E-state index in [1.54, 1.807) is 0 Å². The monoisotopic (exact) mass is 111 g/mol. The molecule has 0 bridgehead atoms. The first-order chi connectivity index (χ1) is 3.81. The van der Waals surface area contributed by atoms with E-state index < -0.39 is 0 Å². The van der Waals surface area contributed by atoms with Gasteiger partial charge in [0.25, 0.3) is 0 Å². The van der Waals surface area contributed by atoms with Gasteiger partial charge in [0.1, 0.15) is 0 Å². The highest BCUT2D eigenvalue weighted by atomic mass is 14.8. The molecule has 1 heteroatoms. The Bertz CT molecular complexity index is 101. The van der Waals surface area contributed by atoms with E-state index in [4.69, 9.17) is 0 Å². The van der Waals surface area contributed by atoms with E-state index in [0.717, 1.165) is 0 Å². The number of nitrogens with one attached hydrogen (secondary N) is 1. The van der Waals surface area contributed by atoms with Gasteiger partial charge in [-0.3, -0.25) is 0 Å². The first kappa shape index (κ1) is 7.28. The van der Waals surface area contributed by atoms with Crippen molar-refractivity contribution in [3.63, 3.8) is 0 Å². The summed E-state index contributed by atoms with van der Waals surface area (Å²) in [4.78, 5) is 0. The van der Waals surface area contributed by atoms with Gasteiger partial charge in [0, 0.05) is 7.05 Å². The van der Waals surface area contributed by atoms with Crippen LogP contribution in [0, 0.1) is 0 Å². The lowest BCUT2D eigenvalue weighted by molar-refractivity contribution is 1.08. The van der Waals surface area contributed by atoms with Crippen molar-refractivity contribution in [2.24, 2.45) is 0 Å². The van der Waals surface area contributed by atoms with Crippen molar-refractivity contribution in [2.45, 2.75) is 13.8 Å². The largest absolute Gasteiger partial charge is 0.394 e. The summed E-state index contributed by atoms with van der Waals surface area (Å²) in [5.74, 6) is 0. The maximum Gasteiger partial charge on any atom is 0.00277 e. The lowest BCUT2D eigenvalue weighted by Gasteiger charge is -1.88. The molecule has 0 rings (SSSR count). The van der Waals surface area contributed by atoms with E-state index in [0.29, 0.717) is 0 Å². The molecule has 0 unspecified atom stereocenters. The second-order valence-corrected chi connectivity index (χ2v) is 1.68. The molecular formula is C7H13N. The molecule has 0 aliphatic carbocycles. The summed E-state index contributed by atoms with van der Waals surface area (Å²) in [5.41, 5.74) is 1.25. The van der Waals surface area contributed by atoms with Gasteiger partial charge in [-0.15, -0.1) is 0 Å². The molecule has 46 valence electrons. The zero-order valence-corrected chi connectivity index (χ0v) is 5.73. The SMILES string of the molecule is C/C=C/C(C)=C\NC. The van der Waals surface area contributed by atoms with Crippen LogP contribution >= 0.6 is 0 Å². The number of rotatable bonds is 2. The Morgan fingerprint density at radius 3 is 2.50 bits per heavy atom. The highest BCUT2D eigenvalue weighted by molar-refractivity contribution is 5.13. The predicted octanol–water partition coefficient (Wildman–Crippen LogP) is 1.69. The van der Waals surface area contributed by atoms with Crippen LogP contribution in [0.25, 0.3) is 0 Å². The lowest BCUT2D eigenvalue weighted by atomic mass is 10.3. The summed E-state index contributed by atoms with van der Waals surface area (Å²) in [6, 6.07) is 0. The molecule has 0 saturated carbocycles. The van der Waals surface area contributed by atoms with Crippen LogP contribution in [0.1, 0.15) is 13.8 Å². The smallest absolute Gasteiger partial charge is 0.00277 e. The standard InChI is InChI=1S/C7H13N/c1-4-5-7(2)6-8-3/h4-6,8H,1-3H3/b5-4+,7-6-. The van der Waals surface area contributed by atoms with E-state index in [1.807, 2.05) is 26.2 Å². The molecule has 0 aromatic rings. The van der Waals surface area contributed by atoms with Crippen molar-refractivity contribution in [1.82, 2.24) is 5.32 Å². The molecule has 0 aromatic heterocycles. The fourth-order valence-corrected chi connectivity index (χ4v) is 0.539. The molecule has 1 N–H and O–H groups in total. The van der Waals surface area contributed by atoms with Gasteiger partial charge in [-0.05, 0) is 25.6 Å². The van der Waals surface area contributed by atoms with Crippen molar-refractivity contribution in [3.05, 3.63) is 23.9 Å². The van der Waals surface area contributed by atoms with E-state index in [9.17, 15) is 0 Å². The second kappa shape index (κ2) is 4.44. The van der Waals surface area contributed by atoms with Gasteiger partial charge >= 0.3 is 0 Å². The lowest BCUT2D eigenvalue weighted by Crippen LogP contribution is -1.92. The van der Waals surface area contributed by atoms with E-state index in [-0.39, 0.29) is 0 Å². The summed E-state index contributed by atoms with van der Waals surface area (Å²) >= 11 is 0. The third-order valence-electron chi connectivity index (χ3n) is 0.802. The van der Waals surface area contributed by atoms with Crippen LogP contribution in [-0.2, 0) is 0 Å². The summed E-state index contributed by atoms with van der Waals surface area (Å²) in [6.45, 7) is 4.06. The third kappa shape index (κ3) is 3.47. The topological polar surface area (TPSA) is 12.0 Å². The molecule has 0 fully saturated rings. The fraction of sp³-hybridized carbons (Fsp3) is 0.429. The first-order valence-electron chi connectivity index (χ1n) is 2.78. The second-order valence-electron chi connectivity index (χ2n) is 1.68. The molecule has 0 heterocycles. The van der Waals surface area contributed by atoms with E-state index >= 15 is 0 Å². The van der Waals surface area contributed by atoms with Gasteiger partial charge in [0.15, 0.2) is 0 Å². The average molecular weight is 111 g/mol. The molecule has 0 aliphatic heterocycles. The summed E-state index contributed by atoms with van der Waals surface area (Å²) < 4.78 is 0. The van der Waals surface area contributed by atoms with Crippen LogP contribution in [0.2, 0.25) is 0 Å². The van der Waals surface area contributed by atoms with E-state index in [2.05, 4.69) is 18.3 Å². The van der Waals surface area contributed by atoms with Crippen molar-refractivity contribution in [3.8, 4) is 0 Å². The Hall–Kier alpha value is -0.720. The normalized spacial score (nSPS) is 12.6. The zero-order valence-electron chi connectivity index (χ0n) is 5.73. The summed E-state index contributed by atoms with van der Waals surface area (Å²) in [5, 5.41) is 2.94. The number of hydrogen-bond donors (Lipinski definition) is 1. The Balaban J connectivity index is 3.61. The molecule has 8 heavy (non-hydrogen) atoms. The zero-order chi connectivity index (χ0) is 6.41. The maximum atomic E-state index is 2.94. The van der Waals surface area contributed by atoms with Crippen molar-refractivity contribution < 1.29 is 0 Å². The van der Waals surface area contributed by atoms with Crippen LogP contribution in [0.4, 0.5) is 0 Å². The summed E-state index contributed by atoms with van der Waals surface area (Å²) in [7, 11) is 1.90. The average Bonchev–Trinajstić information content (AvgIpc) is 1.68. The maximum absolute atomic E-state index is 2.94. The van der Waals surface area contributed by atoms with Gasteiger partial charge in [-0.2, -0.15) is 0 Å². The summed E-state index contributed by atoms with van der Waals surface area (Å²) in [6.07, 6.45) is 6.03. The number of hydrogen-bond acceptors (Lipinski definition) is 1. The Kier molecular flexibility index (Phi) is 4.04. The molecule has 0 spiro atoms. The van der Waals surface area contributed by atoms with Gasteiger partial charge in [0.05, 0.1) is 0 Å². The quantitative estimate of drug-likeness (QED) is 0.535. The van der Waals surface area contributed by atoms with Gasteiger partial charge < -0.3 is 5.32 Å². The van der Waals surface area contributed by atoms with E-state index in [1.165, 1.54) is 5.57 Å². The molecule has 0 radical (unpaired) electrons. The highest BCUT2D eigenvalue weighted by Gasteiger charge is 1.73. The molecule has 0 atom stereocenters. The van der Waals surface area contributed by atoms with Crippen LogP contribution < -0.4 is 5.32 Å². The molecule has 0 saturated heterocycles. The van der Waals surface area contributed by atoms with Crippen LogP contribution in [-0.4, -0.2) is 7.05 Å². The minimum atomic E-state index is 1.25. The highest BCUT2D eigenvalue weighted by Crippen LogP contribution is 1.89. The predicted molar refractivity (Wildman–Crippen MR) is 37.6 cm³/mol. The molecule has 0 amide bonds. The third-order valence-corrected chi connectivity index (χ3v) is 0.802. The first-order valence-corrected chi connectivity index (χ1v) is 2.78. The molecule has 0 aliphatic rings. The minimum absolute atomic E-state index is 1.25. The van der Waals surface area contributed by atoms with Crippen LogP contribution in [0.5, 0.6) is 0 Å². The number of allylic oxidation sites excluding steroid dienone is 3. The Labute approximate surface area is 51.1 Å². The van der Waals surface area contributed by atoms with Gasteiger partial charge in [0.2, 0.25) is 0 Å². The van der Waals surface area contributed by atoms with Crippen LogP contribution in [0.3, 0.4) is 0 Å². The Morgan fingerprint density at radius 1 is 1.50 bits per heavy atom. The van der Waals surface area contributed by atoms with Crippen molar-refractivity contribution in [1.29, 1.82) is 0 Å². The molecule has 1 nitrogen and oxygen atoms in total. The Morgan fingerprint density at radius 2 is 2.12 bits per heavy atom. The fourth-order valence-electron chi connectivity index (χ4n) is 0.539.